The van der Waals surface area contributed by atoms with E-state index in [1.165, 1.54) is 16.7 Å². The second-order valence-electron chi connectivity index (χ2n) is 9.90. The number of aryl methyl sites for hydroxylation is 1. The molecule has 1 atom stereocenters. The summed E-state index contributed by atoms with van der Waals surface area (Å²) in [5.41, 5.74) is 1.72. The molecule has 1 unspecified atom stereocenters. The van der Waals surface area contributed by atoms with Crippen molar-refractivity contribution in [1.82, 2.24) is 9.88 Å². The largest absolute Gasteiger partial charge is 0.497 e. The van der Waals surface area contributed by atoms with E-state index in [2.05, 4.69) is 41.1 Å². The highest BCUT2D eigenvalue weighted by Crippen LogP contribution is 2.41. The monoisotopic (exact) mass is 542 g/mol. The Bertz CT molecular complexity index is 1210. The van der Waals surface area contributed by atoms with Crippen LogP contribution in [0.2, 0.25) is 5.02 Å². The Morgan fingerprint density at radius 1 is 1.22 bits per heavy atom. The van der Waals surface area contributed by atoms with Gasteiger partial charge < -0.3 is 19.8 Å². The minimum absolute atomic E-state index is 0.315. The summed E-state index contributed by atoms with van der Waals surface area (Å²) in [6.07, 6.45) is 3.59. The smallest absolute Gasteiger partial charge is 0.309 e. The number of rotatable bonds is 11. The number of pyridine rings is 1. The van der Waals surface area contributed by atoms with Gasteiger partial charge in [0.15, 0.2) is 0 Å². The van der Waals surface area contributed by atoms with Crippen LogP contribution >= 0.6 is 23.4 Å². The molecule has 0 spiro atoms. The molecule has 8 heteroatoms. The third-order valence-electron chi connectivity index (χ3n) is 7.47. The maximum absolute atomic E-state index is 12.4. The third-order valence-corrected chi connectivity index (χ3v) is 8.87. The first kappa shape index (κ1) is 27.7. The fraction of sp³-hybridized carbons (Fsp3) is 0.448. The summed E-state index contributed by atoms with van der Waals surface area (Å²) >= 11 is 8.31. The van der Waals surface area contributed by atoms with E-state index in [-0.39, 0.29) is 0 Å². The van der Waals surface area contributed by atoms with Crippen LogP contribution in [0.4, 0.5) is 0 Å². The van der Waals surface area contributed by atoms with Crippen LogP contribution < -0.4 is 4.74 Å². The molecule has 0 aliphatic carbocycles. The number of nitrogens with zero attached hydrogens (tertiary/aromatic N) is 2. The van der Waals surface area contributed by atoms with Crippen molar-refractivity contribution in [2.45, 2.75) is 50.0 Å². The van der Waals surface area contributed by atoms with Crippen molar-refractivity contribution in [1.29, 1.82) is 0 Å². The summed E-state index contributed by atoms with van der Waals surface area (Å²) in [7, 11) is 1.58. The molecule has 2 aromatic carbocycles. The van der Waals surface area contributed by atoms with E-state index in [0.717, 1.165) is 37.2 Å². The van der Waals surface area contributed by atoms with Crippen molar-refractivity contribution in [3.05, 3.63) is 64.8 Å². The highest BCUT2D eigenvalue weighted by molar-refractivity contribution is 7.99. The molecule has 37 heavy (non-hydrogen) atoms. The molecule has 1 aliphatic rings. The predicted octanol–water partition coefficient (Wildman–Crippen LogP) is 6.37. The summed E-state index contributed by atoms with van der Waals surface area (Å²) in [5.74, 6) is 0.916. The SMILES string of the molecule is COc1ccc2ncc(Cl)c(C(O)CCC3(C(=O)O)CCN(CCCSc4ccc(C)cc4)CC3)c2c1. The van der Waals surface area contributed by atoms with Crippen LogP contribution in [0.15, 0.2) is 53.6 Å². The Morgan fingerprint density at radius 3 is 2.62 bits per heavy atom. The Balaban J connectivity index is 1.32. The number of ether oxygens (including phenoxy) is 1. The van der Waals surface area contributed by atoms with Crippen LogP contribution in [-0.4, -0.2) is 58.6 Å². The number of aromatic nitrogens is 1. The summed E-state index contributed by atoms with van der Waals surface area (Å²) in [4.78, 5) is 20.4. The van der Waals surface area contributed by atoms with Crippen LogP contribution in [-0.2, 0) is 4.79 Å². The van der Waals surface area contributed by atoms with Crippen molar-refractivity contribution in [2.75, 3.05) is 32.5 Å². The van der Waals surface area contributed by atoms with Gasteiger partial charge in [-0.05, 0) is 94.7 Å². The lowest BCUT2D eigenvalue weighted by molar-refractivity contribution is -0.153. The molecule has 4 rings (SSSR count). The molecular weight excluding hydrogens is 508 g/mol. The van der Waals surface area contributed by atoms with E-state index >= 15 is 0 Å². The first-order chi connectivity index (χ1) is 17.8. The fourth-order valence-electron chi connectivity index (χ4n) is 5.08. The summed E-state index contributed by atoms with van der Waals surface area (Å²) in [5, 5.41) is 22.4. The van der Waals surface area contributed by atoms with Crippen LogP contribution in [0.1, 0.15) is 49.3 Å². The van der Waals surface area contributed by atoms with Crippen molar-refractivity contribution >= 4 is 40.2 Å². The number of aliphatic hydroxyl groups is 1. The van der Waals surface area contributed by atoms with Crippen molar-refractivity contribution in [2.24, 2.45) is 5.41 Å². The number of aliphatic hydroxyl groups excluding tert-OH is 1. The number of thioether (sulfide) groups is 1. The number of carbonyl (C=O) groups is 1. The number of methoxy groups -OCH3 is 1. The Morgan fingerprint density at radius 2 is 1.95 bits per heavy atom. The lowest BCUT2D eigenvalue weighted by atomic mass is 9.74. The van der Waals surface area contributed by atoms with E-state index < -0.39 is 17.5 Å². The number of hydrogen-bond donors (Lipinski definition) is 2. The van der Waals surface area contributed by atoms with E-state index in [9.17, 15) is 15.0 Å². The Hall–Kier alpha value is -2.32. The lowest BCUT2D eigenvalue weighted by Gasteiger charge is -2.39. The molecule has 1 saturated heterocycles. The molecular formula is C29H35ClN2O4S. The number of carboxylic acids is 1. The van der Waals surface area contributed by atoms with Crippen LogP contribution in [0.5, 0.6) is 5.75 Å². The minimum atomic E-state index is -0.891. The van der Waals surface area contributed by atoms with Crippen LogP contribution in [0, 0.1) is 12.3 Å². The van der Waals surface area contributed by atoms with Crippen molar-refractivity contribution in [3.8, 4) is 5.75 Å². The average Bonchev–Trinajstić information content (AvgIpc) is 2.91. The fourth-order valence-corrected chi connectivity index (χ4v) is 6.19. The zero-order valence-electron chi connectivity index (χ0n) is 21.5. The quantitative estimate of drug-likeness (QED) is 0.215. The normalized spacial score (nSPS) is 16.5. The number of halogens is 1. The Labute approximate surface area is 228 Å². The minimum Gasteiger partial charge on any atom is -0.497 e. The van der Waals surface area contributed by atoms with Gasteiger partial charge in [-0.2, -0.15) is 0 Å². The van der Waals surface area contributed by atoms with Gasteiger partial charge in [-0.3, -0.25) is 9.78 Å². The molecule has 0 amide bonds. The zero-order chi connectivity index (χ0) is 26.4. The molecule has 1 aliphatic heterocycles. The summed E-state index contributed by atoms with van der Waals surface area (Å²) in [6.45, 7) is 4.58. The molecule has 0 bridgehead atoms. The van der Waals surface area contributed by atoms with Gasteiger partial charge in [0.1, 0.15) is 5.75 Å². The molecule has 2 heterocycles. The topological polar surface area (TPSA) is 82.9 Å². The molecule has 6 nitrogen and oxygen atoms in total. The number of carboxylic acid groups (broad SMARTS) is 1. The highest BCUT2D eigenvalue weighted by atomic mass is 35.5. The van der Waals surface area contributed by atoms with Gasteiger partial charge in [0, 0.05) is 22.0 Å². The van der Waals surface area contributed by atoms with Crippen LogP contribution in [0.25, 0.3) is 10.9 Å². The predicted molar refractivity (Wildman–Crippen MR) is 150 cm³/mol. The first-order valence-corrected chi connectivity index (χ1v) is 14.1. The molecule has 198 valence electrons. The van der Waals surface area contributed by atoms with Crippen molar-refractivity contribution in [3.63, 3.8) is 0 Å². The second kappa shape index (κ2) is 12.5. The van der Waals surface area contributed by atoms with E-state index in [4.69, 9.17) is 16.3 Å². The van der Waals surface area contributed by atoms with E-state index in [1.54, 1.807) is 7.11 Å². The standard InChI is InChI=1S/C29H35ClN2O4S/c1-20-4-7-22(8-5-20)37-17-3-14-32-15-12-29(13-16-32,28(34)35)11-10-26(33)27-23-18-21(36-2)6-9-25(23)31-19-24(27)30/h4-9,18-19,26,33H,3,10-17H2,1-2H3,(H,34,35). The number of likely N-dealkylation sites (tertiary alicyclic amines) is 1. The second-order valence-corrected chi connectivity index (χ2v) is 11.5. The molecule has 2 N–H and O–H groups in total. The summed E-state index contributed by atoms with van der Waals surface area (Å²) in [6, 6.07) is 14.1. The lowest BCUT2D eigenvalue weighted by Crippen LogP contribution is -2.44. The maximum Gasteiger partial charge on any atom is 0.309 e. The number of fused-ring (bicyclic) bond motifs is 1. The van der Waals surface area contributed by atoms with Gasteiger partial charge in [0.25, 0.3) is 0 Å². The van der Waals surface area contributed by atoms with Gasteiger partial charge in [-0.1, -0.05) is 29.3 Å². The van der Waals surface area contributed by atoms with E-state index in [1.807, 2.05) is 30.0 Å². The average molecular weight is 543 g/mol. The summed E-state index contributed by atoms with van der Waals surface area (Å²) < 4.78 is 5.34. The van der Waals surface area contributed by atoms with Crippen LogP contribution in [0.3, 0.4) is 0 Å². The van der Waals surface area contributed by atoms with Gasteiger partial charge in [0.05, 0.1) is 29.2 Å². The zero-order valence-corrected chi connectivity index (χ0v) is 23.0. The van der Waals surface area contributed by atoms with Crippen molar-refractivity contribution < 1.29 is 19.7 Å². The van der Waals surface area contributed by atoms with Gasteiger partial charge in [-0.15, -0.1) is 11.8 Å². The highest BCUT2D eigenvalue weighted by Gasteiger charge is 2.41. The first-order valence-electron chi connectivity index (χ1n) is 12.8. The Kier molecular flexibility index (Phi) is 9.35. The number of hydrogen-bond acceptors (Lipinski definition) is 6. The molecule has 1 fully saturated rings. The number of aliphatic carboxylic acids is 1. The van der Waals surface area contributed by atoms with Gasteiger partial charge in [0.2, 0.25) is 0 Å². The van der Waals surface area contributed by atoms with Gasteiger partial charge >= 0.3 is 5.97 Å². The number of piperidine rings is 1. The molecule has 0 radical (unpaired) electrons. The molecule has 1 aromatic heterocycles. The van der Waals surface area contributed by atoms with Gasteiger partial charge in [-0.25, -0.2) is 0 Å². The molecule has 3 aromatic rings. The maximum atomic E-state index is 12.4. The molecule has 0 saturated carbocycles. The number of benzene rings is 2. The third kappa shape index (κ3) is 6.77. The van der Waals surface area contributed by atoms with E-state index in [0.29, 0.717) is 47.5 Å².